The number of carbonyl (C=O) groups is 2. The summed E-state index contributed by atoms with van der Waals surface area (Å²) < 4.78 is 5.44. The molecule has 2 heterocycles. The number of pyridine rings is 2. The number of rotatable bonds is 8. The number of methoxy groups -OCH3 is 1. The van der Waals surface area contributed by atoms with Gasteiger partial charge in [-0.15, -0.1) is 6.58 Å². The molecule has 34 heavy (non-hydrogen) atoms. The van der Waals surface area contributed by atoms with Crippen LogP contribution in [0.1, 0.15) is 39.9 Å². The normalized spacial score (nSPS) is 16.7. The highest BCUT2D eigenvalue weighted by molar-refractivity contribution is 6.00. The predicted molar refractivity (Wildman–Crippen MR) is 129 cm³/mol. The third kappa shape index (κ3) is 4.41. The van der Waals surface area contributed by atoms with Gasteiger partial charge in [0.1, 0.15) is 11.3 Å². The topological polar surface area (TPSA) is 84.4 Å². The molecule has 1 unspecified atom stereocenters. The fraction of sp³-hybridized carbons (Fsp3) is 0.259. The Labute approximate surface area is 199 Å². The number of fused-ring (bicyclic) bond motifs is 1. The highest BCUT2D eigenvalue weighted by Gasteiger charge is 2.50. The molecule has 0 saturated heterocycles. The summed E-state index contributed by atoms with van der Waals surface area (Å²) >= 11 is 0. The molecule has 0 fully saturated rings. The molecule has 2 amide bonds. The van der Waals surface area contributed by atoms with Crippen LogP contribution < -0.4 is 10.1 Å². The number of benzene rings is 1. The Hall–Kier alpha value is -4.00. The molecule has 7 heteroatoms. The average Bonchev–Trinajstić information content (AvgIpc) is 2.90. The molecular formula is C27H28N4O3. The molecule has 1 aliphatic carbocycles. The van der Waals surface area contributed by atoms with Crippen LogP contribution in [0.3, 0.4) is 0 Å². The number of hydrogen-bond donors (Lipinski definition) is 1. The molecule has 0 radical (unpaired) electrons. The Balaban J connectivity index is 1.92. The van der Waals surface area contributed by atoms with Gasteiger partial charge in [0.25, 0.3) is 11.8 Å². The van der Waals surface area contributed by atoms with Crippen molar-refractivity contribution in [2.45, 2.75) is 31.3 Å². The number of hydrogen-bond acceptors (Lipinski definition) is 5. The molecule has 174 valence electrons. The number of carbonyl (C=O) groups excluding carboxylic acids is 2. The molecule has 7 nitrogen and oxygen atoms in total. The number of aryl methyl sites for hydroxylation is 1. The number of ether oxygens (including phenoxy) is 1. The van der Waals surface area contributed by atoms with Gasteiger partial charge in [0, 0.05) is 43.4 Å². The second-order valence-corrected chi connectivity index (χ2v) is 8.22. The van der Waals surface area contributed by atoms with Gasteiger partial charge in [0.05, 0.1) is 7.11 Å². The fourth-order valence-corrected chi connectivity index (χ4v) is 4.63. The largest absolute Gasteiger partial charge is 0.497 e. The monoisotopic (exact) mass is 456 g/mol. The van der Waals surface area contributed by atoms with Gasteiger partial charge in [0.2, 0.25) is 0 Å². The van der Waals surface area contributed by atoms with Gasteiger partial charge >= 0.3 is 0 Å². The number of aromatic nitrogens is 2. The van der Waals surface area contributed by atoms with E-state index in [0.717, 1.165) is 35.3 Å². The Bertz CT molecular complexity index is 1170. The lowest BCUT2D eigenvalue weighted by Gasteiger charge is -2.46. The molecule has 3 aromatic rings. The smallest absolute Gasteiger partial charge is 0.255 e. The van der Waals surface area contributed by atoms with E-state index in [9.17, 15) is 9.59 Å². The van der Waals surface area contributed by atoms with E-state index in [4.69, 9.17) is 4.74 Å². The van der Waals surface area contributed by atoms with Gasteiger partial charge in [-0.1, -0.05) is 12.1 Å². The molecule has 2 aromatic heterocycles. The summed E-state index contributed by atoms with van der Waals surface area (Å²) in [6.07, 6.45) is 10.2. The molecular weight excluding hydrogens is 428 g/mol. The molecule has 1 aromatic carbocycles. The first kappa shape index (κ1) is 23.2. The van der Waals surface area contributed by atoms with E-state index in [1.54, 1.807) is 55.0 Å². The van der Waals surface area contributed by atoms with E-state index in [1.807, 2.05) is 30.3 Å². The molecule has 0 spiro atoms. The SMILES string of the molecule is C=CCNC(=O)C1(N(Cc2ccncc2)C(=O)c2ccncc2)CCCc2cc(OC)ccc21. The first-order valence-electron chi connectivity index (χ1n) is 11.3. The lowest BCUT2D eigenvalue weighted by atomic mass is 9.74. The molecule has 0 saturated carbocycles. The van der Waals surface area contributed by atoms with Crippen molar-refractivity contribution in [3.05, 3.63) is 102 Å². The van der Waals surface area contributed by atoms with E-state index in [-0.39, 0.29) is 18.4 Å². The van der Waals surface area contributed by atoms with E-state index in [2.05, 4.69) is 21.9 Å². The first-order valence-corrected chi connectivity index (χ1v) is 11.3. The van der Waals surface area contributed by atoms with Gasteiger partial charge < -0.3 is 15.0 Å². The zero-order valence-electron chi connectivity index (χ0n) is 19.2. The summed E-state index contributed by atoms with van der Waals surface area (Å²) in [6.45, 7) is 4.29. The number of nitrogens with one attached hydrogen (secondary N) is 1. The number of amides is 2. The summed E-state index contributed by atoms with van der Waals surface area (Å²) in [7, 11) is 1.62. The molecule has 0 aliphatic heterocycles. The minimum Gasteiger partial charge on any atom is -0.497 e. The third-order valence-electron chi connectivity index (χ3n) is 6.25. The van der Waals surface area contributed by atoms with Crippen molar-refractivity contribution in [1.82, 2.24) is 20.2 Å². The average molecular weight is 457 g/mol. The predicted octanol–water partition coefficient (Wildman–Crippen LogP) is 3.66. The van der Waals surface area contributed by atoms with E-state index in [0.29, 0.717) is 18.5 Å². The van der Waals surface area contributed by atoms with Gasteiger partial charge in [-0.25, -0.2) is 0 Å². The fourth-order valence-electron chi connectivity index (χ4n) is 4.63. The summed E-state index contributed by atoms with van der Waals surface area (Å²) in [5.74, 6) is 0.258. The van der Waals surface area contributed by atoms with Crippen molar-refractivity contribution in [3.8, 4) is 5.75 Å². The lowest BCUT2D eigenvalue weighted by Crippen LogP contribution is -2.59. The maximum atomic E-state index is 14.0. The quantitative estimate of drug-likeness (QED) is 0.523. The second kappa shape index (κ2) is 10.3. The third-order valence-corrected chi connectivity index (χ3v) is 6.25. The summed E-state index contributed by atoms with van der Waals surface area (Å²) in [4.78, 5) is 37.8. The van der Waals surface area contributed by atoms with Crippen LogP contribution >= 0.6 is 0 Å². The molecule has 1 aliphatic rings. The second-order valence-electron chi connectivity index (χ2n) is 8.22. The Morgan fingerprint density at radius 1 is 1.12 bits per heavy atom. The van der Waals surface area contributed by atoms with Gasteiger partial charge in [-0.3, -0.25) is 19.6 Å². The van der Waals surface area contributed by atoms with Gasteiger partial charge in [-0.2, -0.15) is 0 Å². The van der Waals surface area contributed by atoms with E-state index >= 15 is 0 Å². The summed E-state index contributed by atoms with van der Waals surface area (Å²) in [5.41, 5.74) is 1.97. The zero-order chi connectivity index (χ0) is 24.0. The van der Waals surface area contributed by atoms with E-state index < -0.39 is 5.54 Å². The van der Waals surface area contributed by atoms with Crippen molar-refractivity contribution >= 4 is 11.8 Å². The maximum absolute atomic E-state index is 14.0. The van der Waals surface area contributed by atoms with Crippen molar-refractivity contribution in [2.75, 3.05) is 13.7 Å². The Kier molecular flexibility index (Phi) is 7.01. The summed E-state index contributed by atoms with van der Waals surface area (Å²) in [5, 5.41) is 2.98. The molecule has 0 bridgehead atoms. The Morgan fingerprint density at radius 2 is 1.82 bits per heavy atom. The van der Waals surface area contributed by atoms with Crippen LogP contribution in [0, 0.1) is 0 Å². The lowest BCUT2D eigenvalue weighted by molar-refractivity contribution is -0.134. The molecule has 1 atom stereocenters. The van der Waals surface area contributed by atoms with Crippen LogP contribution in [0.4, 0.5) is 0 Å². The van der Waals surface area contributed by atoms with Crippen molar-refractivity contribution in [3.63, 3.8) is 0 Å². The highest BCUT2D eigenvalue weighted by atomic mass is 16.5. The minimum absolute atomic E-state index is 0.227. The highest BCUT2D eigenvalue weighted by Crippen LogP contribution is 2.43. The van der Waals surface area contributed by atoms with Crippen LogP contribution in [0.2, 0.25) is 0 Å². The van der Waals surface area contributed by atoms with Gasteiger partial charge in [-0.05, 0) is 72.4 Å². The minimum atomic E-state index is -1.20. The van der Waals surface area contributed by atoms with Crippen LogP contribution in [0.5, 0.6) is 5.75 Å². The number of nitrogens with zero attached hydrogens (tertiary/aromatic N) is 3. The standard InChI is InChI=1S/C27H28N4O3/c1-3-13-30-26(33)27(12-4-5-22-18-23(34-2)6-7-24(22)27)31(19-20-8-14-28-15-9-20)25(32)21-10-16-29-17-11-21/h3,6-11,14-18H,1,4-5,12-13,19H2,2H3,(H,30,33). The van der Waals surface area contributed by atoms with Crippen molar-refractivity contribution in [1.29, 1.82) is 0 Å². The summed E-state index contributed by atoms with van der Waals surface area (Å²) in [6, 6.07) is 12.8. The van der Waals surface area contributed by atoms with Crippen LogP contribution in [0.15, 0.2) is 79.9 Å². The first-order chi connectivity index (χ1) is 16.6. The Morgan fingerprint density at radius 3 is 2.50 bits per heavy atom. The van der Waals surface area contributed by atoms with E-state index in [1.165, 1.54) is 0 Å². The molecule has 1 N–H and O–H groups in total. The zero-order valence-corrected chi connectivity index (χ0v) is 19.2. The van der Waals surface area contributed by atoms with Crippen molar-refractivity contribution < 1.29 is 14.3 Å². The van der Waals surface area contributed by atoms with Crippen LogP contribution in [0.25, 0.3) is 0 Å². The van der Waals surface area contributed by atoms with Crippen LogP contribution in [-0.4, -0.2) is 40.3 Å². The van der Waals surface area contributed by atoms with Crippen molar-refractivity contribution in [2.24, 2.45) is 0 Å². The van der Waals surface area contributed by atoms with Crippen LogP contribution in [-0.2, 0) is 23.3 Å². The van der Waals surface area contributed by atoms with Gasteiger partial charge in [0.15, 0.2) is 0 Å². The molecule has 4 rings (SSSR count). The maximum Gasteiger partial charge on any atom is 0.255 e.